The molecule has 0 aliphatic carbocycles. The van der Waals surface area contributed by atoms with Crippen molar-refractivity contribution in [2.24, 2.45) is 0 Å². The smallest absolute Gasteiger partial charge is 0.305 e. The molecule has 3 N–H and O–H groups in total. The van der Waals surface area contributed by atoms with Gasteiger partial charge in [0.1, 0.15) is 0 Å². The largest absolute Gasteiger partial charge is 0.466 e. The molecule has 0 heterocycles. The van der Waals surface area contributed by atoms with Crippen molar-refractivity contribution >= 4 is 11.9 Å². The molecule has 0 fully saturated rings. The van der Waals surface area contributed by atoms with Crippen molar-refractivity contribution in [3.8, 4) is 0 Å². The van der Waals surface area contributed by atoms with Gasteiger partial charge in [-0.25, -0.2) is 0 Å². The lowest BCUT2D eigenvalue weighted by Gasteiger charge is -2.22. The molecule has 6 nitrogen and oxygen atoms in total. The van der Waals surface area contributed by atoms with Crippen molar-refractivity contribution in [3.05, 3.63) is 24.3 Å². The molecule has 72 heavy (non-hydrogen) atoms. The van der Waals surface area contributed by atoms with Gasteiger partial charge in [-0.15, -0.1) is 0 Å². The van der Waals surface area contributed by atoms with Gasteiger partial charge in [-0.1, -0.05) is 295 Å². The molecule has 0 saturated carbocycles. The van der Waals surface area contributed by atoms with Gasteiger partial charge in [0, 0.05) is 12.8 Å². The lowest BCUT2D eigenvalue weighted by molar-refractivity contribution is -0.143. The maximum Gasteiger partial charge on any atom is 0.305 e. The summed E-state index contributed by atoms with van der Waals surface area (Å²) in [7, 11) is 0. The lowest BCUT2D eigenvalue weighted by Crippen LogP contribution is -2.45. The van der Waals surface area contributed by atoms with Gasteiger partial charge in [-0.05, 0) is 77.0 Å². The van der Waals surface area contributed by atoms with E-state index in [0.717, 1.165) is 44.9 Å². The van der Waals surface area contributed by atoms with Crippen LogP contribution in [0.25, 0.3) is 0 Å². The van der Waals surface area contributed by atoms with Crippen LogP contribution in [0.5, 0.6) is 0 Å². The highest BCUT2D eigenvalue weighted by Gasteiger charge is 2.20. The summed E-state index contributed by atoms with van der Waals surface area (Å²) in [6, 6.07) is -0.546. The number of esters is 1. The minimum absolute atomic E-state index is 0.00278. The molecular formula is C66H127NO5. The Balaban J connectivity index is 3.41. The zero-order valence-electron chi connectivity index (χ0n) is 48.7. The zero-order valence-corrected chi connectivity index (χ0v) is 48.7. The van der Waals surface area contributed by atoms with Crippen molar-refractivity contribution in [2.75, 3.05) is 13.2 Å². The number of aliphatic hydroxyl groups excluding tert-OH is 2. The van der Waals surface area contributed by atoms with E-state index in [-0.39, 0.29) is 18.5 Å². The van der Waals surface area contributed by atoms with Gasteiger partial charge in [0.2, 0.25) is 5.91 Å². The number of ether oxygens (including phenoxy) is 1. The average Bonchev–Trinajstić information content (AvgIpc) is 3.38. The Bertz CT molecular complexity index is 1120. The van der Waals surface area contributed by atoms with Crippen LogP contribution < -0.4 is 5.32 Å². The van der Waals surface area contributed by atoms with Crippen LogP contribution in [-0.2, 0) is 14.3 Å². The third kappa shape index (κ3) is 57.6. The maximum absolute atomic E-state index is 12.5. The van der Waals surface area contributed by atoms with Gasteiger partial charge < -0.3 is 20.3 Å². The summed E-state index contributed by atoms with van der Waals surface area (Å²) in [5.41, 5.74) is 0. The summed E-state index contributed by atoms with van der Waals surface area (Å²) in [6.45, 7) is 4.96. The first-order valence-corrected chi connectivity index (χ1v) is 32.6. The number of carbonyl (C=O) groups is 2. The first-order valence-electron chi connectivity index (χ1n) is 32.6. The van der Waals surface area contributed by atoms with Crippen LogP contribution in [0.1, 0.15) is 361 Å². The Kier molecular flexibility index (Phi) is 60.5. The monoisotopic (exact) mass is 1010 g/mol. The van der Waals surface area contributed by atoms with E-state index in [4.69, 9.17) is 4.74 Å². The molecule has 6 heteroatoms. The molecule has 2 unspecified atom stereocenters. The van der Waals surface area contributed by atoms with Crippen LogP contribution in [0.3, 0.4) is 0 Å². The Hall–Kier alpha value is -1.66. The molecule has 0 aliphatic heterocycles. The Labute approximate surface area is 450 Å². The molecule has 0 aliphatic rings. The minimum Gasteiger partial charge on any atom is -0.466 e. The predicted molar refractivity (Wildman–Crippen MR) is 315 cm³/mol. The third-order valence-corrected chi connectivity index (χ3v) is 15.2. The van der Waals surface area contributed by atoms with Crippen LogP contribution >= 0.6 is 0 Å². The number of nitrogens with one attached hydrogen (secondary N) is 1. The quantitative estimate of drug-likeness (QED) is 0.0320. The normalized spacial score (nSPS) is 12.7. The number of hydrogen-bond donors (Lipinski definition) is 3. The van der Waals surface area contributed by atoms with Gasteiger partial charge in [0.05, 0.1) is 25.4 Å². The van der Waals surface area contributed by atoms with Crippen molar-refractivity contribution in [1.29, 1.82) is 0 Å². The molecular weight excluding hydrogens is 887 g/mol. The SMILES string of the molecule is CCCCCC/C=C\CCCCCCCC(=O)OCCCCCCCCCCCCCC/C=C\CCCCCCCCCC(=O)NC(CO)C(O)CCCCCCCCCCCCCCCCCCCCC. The standard InChI is InChI=1S/C66H127NO5/c1-3-5-7-9-11-13-15-17-18-19-25-28-31-35-38-42-46-50-54-58-64(69)63(62-68)67-65(70)59-55-51-47-43-39-36-32-29-26-23-21-20-22-24-27-30-33-37-41-45-49-53-57-61-72-66(71)60-56-52-48-44-40-34-16-14-12-10-8-6-4-2/h14,16,23,26,63-64,68-69H,3-13,15,17-22,24-25,27-62H2,1-2H3,(H,67,70)/b16-14-,26-23-. The molecule has 1 amide bonds. The van der Waals surface area contributed by atoms with E-state index in [0.29, 0.717) is 25.9 Å². The van der Waals surface area contributed by atoms with Crippen LogP contribution in [0.4, 0.5) is 0 Å². The Morgan fingerprint density at radius 2 is 0.653 bits per heavy atom. The van der Waals surface area contributed by atoms with E-state index in [9.17, 15) is 19.8 Å². The second kappa shape index (κ2) is 61.9. The summed E-state index contributed by atoms with van der Waals surface area (Å²) < 4.78 is 5.47. The van der Waals surface area contributed by atoms with Crippen molar-refractivity contribution in [1.82, 2.24) is 5.32 Å². The summed E-state index contributed by atoms with van der Waals surface area (Å²) in [5, 5.41) is 23.4. The Morgan fingerprint density at radius 1 is 0.375 bits per heavy atom. The fourth-order valence-corrected chi connectivity index (χ4v) is 10.2. The highest BCUT2D eigenvalue weighted by molar-refractivity contribution is 5.76. The van der Waals surface area contributed by atoms with E-state index in [1.54, 1.807) is 0 Å². The number of amides is 1. The van der Waals surface area contributed by atoms with E-state index in [2.05, 4.69) is 43.5 Å². The fraction of sp³-hybridized carbons (Fsp3) is 0.909. The number of hydrogen-bond acceptors (Lipinski definition) is 5. The average molecular weight is 1010 g/mol. The molecule has 0 spiro atoms. The maximum atomic E-state index is 12.5. The second-order valence-corrected chi connectivity index (χ2v) is 22.4. The van der Waals surface area contributed by atoms with Gasteiger partial charge >= 0.3 is 5.97 Å². The molecule has 0 aromatic carbocycles. The molecule has 426 valence electrons. The van der Waals surface area contributed by atoms with Gasteiger partial charge in [0.15, 0.2) is 0 Å². The van der Waals surface area contributed by atoms with Crippen LogP contribution in [-0.4, -0.2) is 47.4 Å². The minimum atomic E-state index is -0.669. The number of unbranched alkanes of at least 4 members (excludes halogenated alkanes) is 46. The predicted octanol–water partition coefficient (Wildman–Crippen LogP) is 20.6. The van der Waals surface area contributed by atoms with Crippen molar-refractivity contribution in [3.63, 3.8) is 0 Å². The molecule has 0 rings (SSSR count). The first kappa shape index (κ1) is 70.3. The summed E-state index contributed by atoms with van der Waals surface area (Å²) in [6.07, 6.45) is 76.2. The van der Waals surface area contributed by atoms with Crippen LogP contribution in [0.15, 0.2) is 24.3 Å². The van der Waals surface area contributed by atoms with E-state index in [1.807, 2.05) is 0 Å². The van der Waals surface area contributed by atoms with Crippen molar-refractivity contribution < 1.29 is 24.5 Å². The first-order chi connectivity index (χ1) is 35.5. The number of carbonyl (C=O) groups excluding carboxylic acids is 2. The van der Waals surface area contributed by atoms with Crippen LogP contribution in [0.2, 0.25) is 0 Å². The van der Waals surface area contributed by atoms with E-state index < -0.39 is 12.1 Å². The molecule has 0 aromatic heterocycles. The van der Waals surface area contributed by atoms with E-state index >= 15 is 0 Å². The van der Waals surface area contributed by atoms with Crippen molar-refractivity contribution in [2.45, 2.75) is 373 Å². The zero-order chi connectivity index (χ0) is 52.2. The van der Waals surface area contributed by atoms with Crippen LogP contribution in [0, 0.1) is 0 Å². The third-order valence-electron chi connectivity index (χ3n) is 15.2. The summed E-state index contributed by atoms with van der Waals surface area (Å²) in [5.74, 6) is -0.0353. The molecule has 0 saturated heterocycles. The number of allylic oxidation sites excluding steroid dienone is 4. The Morgan fingerprint density at radius 3 is 1.00 bits per heavy atom. The highest BCUT2D eigenvalue weighted by Crippen LogP contribution is 2.18. The molecule has 2 atom stereocenters. The molecule has 0 radical (unpaired) electrons. The van der Waals surface area contributed by atoms with Gasteiger partial charge in [-0.3, -0.25) is 9.59 Å². The number of aliphatic hydroxyl groups is 2. The topological polar surface area (TPSA) is 95.9 Å². The number of rotatable bonds is 61. The van der Waals surface area contributed by atoms with Gasteiger partial charge in [-0.2, -0.15) is 0 Å². The fourth-order valence-electron chi connectivity index (χ4n) is 10.2. The summed E-state index contributed by atoms with van der Waals surface area (Å²) >= 11 is 0. The lowest BCUT2D eigenvalue weighted by atomic mass is 10.0. The highest BCUT2D eigenvalue weighted by atomic mass is 16.5. The second-order valence-electron chi connectivity index (χ2n) is 22.4. The van der Waals surface area contributed by atoms with Gasteiger partial charge in [0.25, 0.3) is 0 Å². The molecule has 0 aromatic rings. The van der Waals surface area contributed by atoms with E-state index in [1.165, 1.54) is 283 Å². The molecule has 0 bridgehead atoms. The summed E-state index contributed by atoms with van der Waals surface area (Å²) in [4.78, 5) is 24.5.